The number of anilines is 1. The number of rotatable bonds is 6. The first-order chi connectivity index (χ1) is 10.6. The van der Waals surface area contributed by atoms with Crippen molar-refractivity contribution in [3.05, 3.63) is 30.3 Å². The van der Waals surface area contributed by atoms with E-state index < -0.39 is 0 Å². The first-order valence-electron chi connectivity index (χ1n) is 7.87. The Morgan fingerprint density at radius 3 is 2.50 bits per heavy atom. The van der Waals surface area contributed by atoms with Crippen LogP contribution in [-0.2, 0) is 9.59 Å². The van der Waals surface area contributed by atoms with Crippen LogP contribution in [0.3, 0.4) is 0 Å². The van der Waals surface area contributed by atoms with E-state index in [4.69, 9.17) is 0 Å². The molecule has 1 aliphatic rings. The summed E-state index contributed by atoms with van der Waals surface area (Å²) in [5.74, 6) is 1.16. The number of carbonyl (C=O) groups is 2. The van der Waals surface area contributed by atoms with Gasteiger partial charge in [0.05, 0.1) is 11.5 Å². The summed E-state index contributed by atoms with van der Waals surface area (Å²) < 4.78 is 0. The van der Waals surface area contributed by atoms with Gasteiger partial charge in [0.1, 0.15) is 0 Å². The van der Waals surface area contributed by atoms with Crippen molar-refractivity contribution in [2.45, 2.75) is 38.6 Å². The Kier molecular flexibility index (Phi) is 6.77. The second-order valence-corrected chi connectivity index (χ2v) is 6.83. The molecule has 0 spiro atoms. The molecule has 2 atom stereocenters. The van der Waals surface area contributed by atoms with Gasteiger partial charge in [-0.2, -0.15) is 0 Å². The molecule has 1 fully saturated rings. The van der Waals surface area contributed by atoms with Crippen molar-refractivity contribution >= 4 is 29.3 Å². The van der Waals surface area contributed by atoms with Gasteiger partial charge in [-0.15, -0.1) is 11.8 Å². The summed E-state index contributed by atoms with van der Waals surface area (Å²) >= 11 is 1.35. The average molecular weight is 320 g/mol. The molecule has 4 nitrogen and oxygen atoms in total. The molecule has 1 saturated carbocycles. The van der Waals surface area contributed by atoms with Gasteiger partial charge in [0.25, 0.3) is 0 Å². The molecule has 0 radical (unpaired) electrons. The maximum Gasteiger partial charge on any atom is 0.234 e. The van der Waals surface area contributed by atoms with Gasteiger partial charge in [0.15, 0.2) is 0 Å². The van der Waals surface area contributed by atoms with Gasteiger partial charge in [0, 0.05) is 11.7 Å². The predicted molar refractivity (Wildman–Crippen MR) is 92.0 cm³/mol. The number of carbonyl (C=O) groups excluding carboxylic acids is 2. The Morgan fingerprint density at radius 1 is 1.09 bits per heavy atom. The third-order valence-corrected chi connectivity index (χ3v) is 4.91. The van der Waals surface area contributed by atoms with E-state index in [9.17, 15) is 9.59 Å². The smallest absolute Gasteiger partial charge is 0.234 e. The molecule has 1 aromatic carbocycles. The molecule has 0 heterocycles. The summed E-state index contributed by atoms with van der Waals surface area (Å²) in [5, 5.41) is 5.91. The van der Waals surface area contributed by atoms with Gasteiger partial charge in [0.2, 0.25) is 11.8 Å². The molecule has 1 aliphatic carbocycles. The van der Waals surface area contributed by atoms with Crippen LogP contribution < -0.4 is 10.6 Å². The van der Waals surface area contributed by atoms with Crippen LogP contribution >= 0.6 is 11.8 Å². The van der Waals surface area contributed by atoms with Gasteiger partial charge in [-0.25, -0.2) is 0 Å². The summed E-state index contributed by atoms with van der Waals surface area (Å²) in [6, 6.07) is 9.66. The molecule has 0 aliphatic heterocycles. The van der Waals surface area contributed by atoms with E-state index in [2.05, 4.69) is 17.6 Å². The topological polar surface area (TPSA) is 58.2 Å². The van der Waals surface area contributed by atoms with Crippen molar-refractivity contribution in [1.82, 2.24) is 5.32 Å². The van der Waals surface area contributed by atoms with E-state index in [1.807, 2.05) is 30.3 Å². The van der Waals surface area contributed by atoms with Crippen molar-refractivity contribution in [3.8, 4) is 0 Å². The normalized spacial score (nSPS) is 21.1. The highest BCUT2D eigenvalue weighted by atomic mass is 32.2. The van der Waals surface area contributed by atoms with Crippen LogP contribution in [0.4, 0.5) is 5.69 Å². The fourth-order valence-corrected chi connectivity index (χ4v) is 3.36. The first-order valence-corrected chi connectivity index (χ1v) is 9.02. The van der Waals surface area contributed by atoms with Crippen LogP contribution in [-0.4, -0.2) is 29.4 Å². The van der Waals surface area contributed by atoms with Gasteiger partial charge in [-0.3, -0.25) is 9.59 Å². The zero-order valence-electron chi connectivity index (χ0n) is 13.0. The first kappa shape index (κ1) is 16.9. The molecule has 120 valence electrons. The quantitative estimate of drug-likeness (QED) is 0.847. The maximum absolute atomic E-state index is 11.9. The number of thioether (sulfide) groups is 1. The second kappa shape index (κ2) is 8.83. The molecule has 0 unspecified atom stereocenters. The van der Waals surface area contributed by atoms with Crippen molar-refractivity contribution in [1.29, 1.82) is 0 Å². The lowest BCUT2D eigenvalue weighted by Crippen LogP contribution is -2.42. The number of hydrogen-bond donors (Lipinski definition) is 2. The lowest BCUT2D eigenvalue weighted by molar-refractivity contribution is -0.119. The molecule has 2 N–H and O–H groups in total. The molecular formula is C17H24N2O2S. The van der Waals surface area contributed by atoms with Gasteiger partial charge in [-0.1, -0.05) is 38.0 Å². The van der Waals surface area contributed by atoms with Crippen molar-refractivity contribution in [2.75, 3.05) is 16.8 Å². The number of para-hydroxylation sites is 1. The minimum absolute atomic E-state index is 0.0382. The van der Waals surface area contributed by atoms with Gasteiger partial charge < -0.3 is 10.6 Å². The van der Waals surface area contributed by atoms with E-state index in [0.29, 0.717) is 23.5 Å². The highest BCUT2D eigenvalue weighted by Crippen LogP contribution is 2.23. The maximum atomic E-state index is 11.9. The Morgan fingerprint density at radius 2 is 1.77 bits per heavy atom. The lowest BCUT2D eigenvalue weighted by atomic mass is 9.86. The minimum Gasteiger partial charge on any atom is -0.352 e. The molecule has 22 heavy (non-hydrogen) atoms. The summed E-state index contributed by atoms with van der Waals surface area (Å²) in [5.41, 5.74) is 0.786. The molecule has 5 heteroatoms. The van der Waals surface area contributed by atoms with Crippen LogP contribution in [0.25, 0.3) is 0 Å². The molecule has 0 saturated heterocycles. The Bertz CT molecular complexity index is 493. The molecular weight excluding hydrogens is 296 g/mol. The average Bonchev–Trinajstić information content (AvgIpc) is 2.50. The van der Waals surface area contributed by atoms with Crippen LogP contribution in [0, 0.1) is 5.92 Å². The lowest BCUT2D eigenvalue weighted by Gasteiger charge is -2.29. The van der Waals surface area contributed by atoms with E-state index in [1.54, 1.807) is 0 Å². The number of hydrogen-bond acceptors (Lipinski definition) is 3. The summed E-state index contributed by atoms with van der Waals surface area (Å²) in [7, 11) is 0. The Balaban J connectivity index is 1.63. The van der Waals surface area contributed by atoms with Crippen LogP contribution in [0.1, 0.15) is 32.6 Å². The van der Waals surface area contributed by atoms with E-state index in [1.165, 1.54) is 31.0 Å². The summed E-state index contributed by atoms with van der Waals surface area (Å²) in [4.78, 5) is 23.7. The van der Waals surface area contributed by atoms with Crippen molar-refractivity contribution in [3.63, 3.8) is 0 Å². The minimum atomic E-state index is -0.0740. The fraction of sp³-hybridized carbons (Fsp3) is 0.529. The third kappa shape index (κ3) is 5.72. The van der Waals surface area contributed by atoms with Crippen molar-refractivity contribution < 1.29 is 9.59 Å². The number of nitrogens with one attached hydrogen (secondary N) is 2. The molecule has 2 amide bonds. The largest absolute Gasteiger partial charge is 0.352 e. The highest BCUT2D eigenvalue weighted by Gasteiger charge is 2.22. The molecule has 2 rings (SSSR count). The summed E-state index contributed by atoms with van der Waals surface area (Å²) in [6.07, 6.45) is 4.73. The number of benzene rings is 1. The van der Waals surface area contributed by atoms with E-state index in [0.717, 1.165) is 12.1 Å². The Labute approximate surface area is 136 Å². The molecule has 1 aromatic rings. The fourth-order valence-electron chi connectivity index (χ4n) is 2.73. The van der Waals surface area contributed by atoms with Crippen molar-refractivity contribution in [2.24, 2.45) is 5.92 Å². The van der Waals surface area contributed by atoms with Crippen LogP contribution in [0.2, 0.25) is 0 Å². The SMILES string of the molecule is C[C@@H]1CCCC[C@H]1NC(=O)CSCC(=O)Nc1ccccc1. The van der Waals surface area contributed by atoms with Gasteiger partial charge in [-0.05, 0) is 30.9 Å². The van der Waals surface area contributed by atoms with Crippen LogP contribution in [0.15, 0.2) is 30.3 Å². The summed E-state index contributed by atoms with van der Waals surface area (Å²) in [6.45, 7) is 2.20. The molecule has 0 aromatic heterocycles. The zero-order chi connectivity index (χ0) is 15.8. The Hall–Kier alpha value is -1.49. The monoisotopic (exact) mass is 320 g/mol. The standard InChI is InChI=1S/C17H24N2O2S/c1-13-7-5-6-10-15(13)19-17(21)12-22-11-16(20)18-14-8-3-2-4-9-14/h2-4,8-9,13,15H,5-7,10-12H2,1H3,(H,18,20)(H,19,21)/t13-,15-/m1/s1. The van der Waals surface area contributed by atoms with Crippen LogP contribution in [0.5, 0.6) is 0 Å². The predicted octanol–water partition coefficient (Wildman–Crippen LogP) is 3.05. The van der Waals surface area contributed by atoms with E-state index in [-0.39, 0.29) is 11.8 Å². The number of amides is 2. The molecule has 0 bridgehead atoms. The second-order valence-electron chi connectivity index (χ2n) is 5.84. The third-order valence-electron chi connectivity index (χ3n) is 3.98. The van der Waals surface area contributed by atoms with E-state index >= 15 is 0 Å². The highest BCUT2D eigenvalue weighted by molar-refractivity contribution is 8.00. The zero-order valence-corrected chi connectivity index (χ0v) is 13.8. The van der Waals surface area contributed by atoms with Gasteiger partial charge >= 0.3 is 0 Å².